The molecule has 0 aliphatic carbocycles. The number of aromatic nitrogens is 5. The van der Waals surface area contributed by atoms with Crippen molar-refractivity contribution < 1.29 is 4.74 Å². The first kappa shape index (κ1) is 13.1. The number of nitrogens with one attached hydrogen (secondary N) is 1. The molecule has 5 rings (SSSR count). The molecule has 2 fully saturated rings. The molecule has 0 saturated carbocycles. The summed E-state index contributed by atoms with van der Waals surface area (Å²) in [5.74, 6) is 1.00. The number of aryl methyl sites for hydroxylation is 2. The van der Waals surface area contributed by atoms with Crippen molar-refractivity contribution in [2.24, 2.45) is 0 Å². The zero-order valence-corrected chi connectivity index (χ0v) is 13.2. The fourth-order valence-electron chi connectivity index (χ4n) is 3.83. The molecule has 7 heteroatoms. The van der Waals surface area contributed by atoms with E-state index in [0.29, 0.717) is 12.1 Å². The van der Waals surface area contributed by atoms with Crippen molar-refractivity contribution in [3.63, 3.8) is 0 Å². The maximum Gasteiger partial charge on any atom is 0.158 e. The Labute approximate surface area is 133 Å². The molecule has 118 valence electrons. The van der Waals surface area contributed by atoms with Gasteiger partial charge in [-0.3, -0.25) is 5.10 Å². The number of morpholine rings is 1. The van der Waals surface area contributed by atoms with Gasteiger partial charge in [0.05, 0.1) is 36.3 Å². The summed E-state index contributed by atoms with van der Waals surface area (Å²) in [5.41, 5.74) is 5.01. The molecule has 0 amide bonds. The van der Waals surface area contributed by atoms with Gasteiger partial charge < -0.3 is 9.64 Å². The highest BCUT2D eigenvalue weighted by Gasteiger charge is 2.40. The summed E-state index contributed by atoms with van der Waals surface area (Å²) in [6.07, 6.45) is 3.24. The minimum absolute atomic E-state index is 0.351. The van der Waals surface area contributed by atoms with Crippen molar-refractivity contribution in [2.75, 3.05) is 18.1 Å². The van der Waals surface area contributed by atoms with Crippen molar-refractivity contribution in [3.8, 4) is 11.3 Å². The van der Waals surface area contributed by atoms with Crippen LogP contribution in [0.15, 0.2) is 18.3 Å². The van der Waals surface area contributed by atoms with Crippen LogP contribution in [0.1, 0.15) is 17.8 Å². The highest BCUT2D eigenvalue weighted by Crippen LogP contribution is 2.34. The second kappa shape index (κ2) is 4.55. The average Bonchev–Trinajstić information content (AvgIpc) is 3.30. The third kappa shape index (κ3) is 1.83. The summed E-state index contributed by atoms with van der Waals surface area (Å²) in [7, 11) is 0. The molecule has 2 bridgehead atoms. The van der Waals surface area contributed by atoms with Gasteiger partial charge in [-0.05, 0) is 20.3 Å². The van der Waals surface area contributed by atoms with Gasteiger partial charge in [-0.2, -0.15) is 10.2 Å². The molecule has 3 aromatic rings. The van der Waals surface area contributed by atoms with E-state index in [9.17, 15) is 0 Å². The van der Waals surface area contributed by atoms with E-state index in [1.807, 2.05) is 24.4 Å². The molecular formula is C16H18N6O. The molecule has 0 spiro atoms. The number of aromatic amines is 1. The summed E-state index contributed by atoms with van der Waals surface area (Å²) in [4.78, 5) is 7.18. The lowest BCUT2D eigenvalue weighted by atomic mass is 10.1. The summed E-state index contributed by atoms with van der Waals surface area (Å²) in [6, 6.07) is 4.52. The number of hydrogen-bond acceptors (Lipinski definition) is 5. The zero-order valence-electron chi connectivity index (χ0n) is 13.2. The van der Waals surface area contributed by atoms with Gasteiger partial charge in [-0.1, -0.05) is 0 Å². The molecule has 0 aromatic carbocycles. The Morgan fingerprint density at radius 3 is 2.96 bits per heavy atom. The Hall–Kier alpha value is -2.41. The van der Waals surface area contributed by atoms with E-state index in [-0.39, 0.29) is 0 Å². The quantitative estimate of drug-likeness (QED) is 0.780. The van der Waals surface area contributed by atoms with Crippen LogP contribution in [0.5, 0.6) is 0 Å². The van der Waals surface area contributed by atoms with Gasteiger partial charge >= 0.3 is 0 Å². The lowest BCUT2D eigenvalue weighted by Crippen LogP contribution is -2.37. The first-order valence-corrected chi connectivity index (χ1v) is 7.95. The summed E-state index contributed by atoms with van der Waals surface area (Å²) < 4.78 is 7.60. The Morgan fingerprint density at radius 2 is 2.26 bits per heavy atom. The average molecular weight is 310 g/mol. The molecule has 3 aromatic heterocycles. The van der Waals surface area contributed by atoms with Crippen molar-refractivity contribution in [3.05, 3.63) is 29.7 Å². The number of H-pyrrole nitrogens is 1. The minimum Gasteiger partial charge on any atom is -0.374 e. The monoisotopic (exact) mass is 310 g/mol. The Balaban J connectivity index is 1.71. The molecule has 2 atom stereocenters. The molecule has 23 heavy (non-hydrogen) atoms. The van der Waals surface area contributed by atoms with Crippen LogP contribution >= 0.6 is 0 Å². The summed E-state index contributed by atoms with van der Waals surface area (Å²) >= 11 is 0. The largest absolute Gasteiger partial charge is 0.374 e. The number of ether oxygens (including phenoxy) is 1. The first-order chi connectivity index (χ1) is 11.2. The van der Waals surface area contributed by atoms with E-state index in [4.69, 9.17) is 9.72 Å². The predicted molar refractivity (Wildman–Crippen MR) is 85.5 cm³/mol. The topological polar surface area (TPSA) is 71.3 Å². The predicted octanol–water partition coefficient (Wildman–Crippen LogP) is 1.71. The van der Waals surface area contributed by atoms with Gasteiger partial charge in [0.25, 0.3) is 0 Å². The van der Waals surface area contributed by atoms with Crippen molar-refractivity contribution in [1.29, 1.82) is 0 Å². The van der Waals surface area contributed by atoms with Crippen molar-refractivity contribution >= 4 is 11.5 Å². The Kier molecular flexibility index (Phi) is 2.58. The highest BCUT2D eigenvalue weighted by molar-refractivity contribution is 5.71. The summed E-state index contributed by atoms with van der Waals surface area (Å²) in [6.45, 7) is 5.77. The van der Waals surface area contributed by atoms with E-state index in [1.54, 1.807) is 6.20 Å². The van der Waals surface area contributed by atoms with E-state index in [0.717, 1.165) is 53.7 Å². The fourth-order valence-corrected chi connectivity index (χ4v) is 3.83. The lowest BCUT2D eigenvalue weighted by molar-refractivity contribution is 0.0989. The van der Waals surface area contributed by atoms with Gasteiger partial charge in [0.1, 0.15) is 5.82 Å². The summed E-state index contributed by atoms with van der Waals surface area (Å²) in [5, 5.41) is 11.8. The number of anilines is 1. The molecule has 2 aliphatic heterocycles. The molecule has 1 N–H and O–H groups in total. The zero-order chi connectivity index (χ0) is 15.6. The van der Waals surface area contributed by atoms with Crippen LogP contribution in [0.3, 0.4) is 0 Å². The second-order valence-electron chi connectivity index (χ2n) is 6.41. The third-order valence-corrected chi connectivity index (χ3v) is 4.92. The Morgan fingerprint density at radius 1 is 1.35 bits per heavy atom. The van der Waals surface area contributed by atoms with E-state index in [1.165, 1.54) is 0 Å². The van der Waals surface area contributed by atoms with Crippen molar-refractivity contribution in [2.45, 2.75) is 32.4 Å². The standard InChI is InChI=1S/C16H18N6O/c1-9-16(10(2)20-19-9)13-6-15(18-14-3-4-17-22(13)14)21-7-12-5-11(21)8-23-12/h3-4,6,11-12H,5,7-8H2,1-2H3,(H,19,20)/t11-,12-/m1/s1. The maximum atomic E-state index is 5.71. The maximum absolute atomic E-state index is 5.71. The molecular weight excluding hydrogens is 292 g/mol. The van der Waals surface area contributed by atoms with Gasteiger partial charge in [0, 0.05) is 29.9 Å². The first-order valence-electron chi connectivity index (χ1n) is 7.95. The fraction of sp³-hybridized carbons (Fsp3) is 0.438. The van der Waals surface area contributed by atoms with Gasteiger partial charge in [0.15, 0.2) is 5.65 Å². The van der Waals surface area contributed by atoms with Crippen LogP contribution in [-0.4, -0.2) is 50.1 Å². The Bertz CT molecular complexity index is 878. The van der Waals surface area contributed by atoms with Gasteiger partial charge in [0.2, 0.25) is 0 Å². The van der Waals surface area contributed by atoms with E-state index < -0.39 is 0 Å². The highest BCUT2D eigenvalue weighted by atomic mass is 16.5. The number of rotatable bonds is 2. The minimum atomic E-state index is 0.351. The van der Waals surface area contributed by atoms with Crippen LogP contribution in [0.4, 0.5) is 5.82 Å². The van der Waals surface area contributed by atoms with Crippen LogP contribution in [0.2, 0.25) is 0 Å². The van der Waals surface area contributed by atoms with Crippen LogP contribution in [0.25, 0.3) is 16.9 Å². The molecule has 2 saturated heterocycles. The molecule has 7 nitrogen and oxygen atoms in total. The molecule has 2 aliphatic rings. The van der Waals surface area contributed by atoms with Crippen LogP contribution in [0, 0.1) is 13.8 Å². The molecule has 5 heterocycles. The number of nitrogens with zero attached hydrogens (tertiary/aromatic N) is 5. The van der Waals surface area contributed by atoms with E-state index in [2.05, 4.69) is 26.3 Å². The van der Waals surface area contributed by atoms with Gasteiger partial charge in [-0.15, -0.1) is 0 Å². The molecule has 0 unspecified atom stereocenters. The number of fused-ring (bicyclic) bond motifs is 3. The van der Waals surface area contributed by atoms with Gasteiger partial charge in [-0.25, -0.2) is 9.50 Å². The second-order valence-corrected chi connectivity index (χ2v) is 6.41. The van der Waals surface area contributed by atoms with Crippen LogP contribution < -0.4 is 4.90 Å². The normalized spacial score (nSPS) is 23.3. The smallest absolute Gasteiger partial charge is 0.158 e. The lowest BCUT2D eigenvalue weighted by Gasteiger charge is -2.28. The number of hydrogen-bond donors (Lipinski definition) is 1. The molecule has 0 radical (unpaired) electrons. The van der Waals surface area contributed by atoms with Crippen LogP contribution in [-0.2, 0) is 4.74 Å². The SMILES string of the molecule is Cc1n[nH]c(C)c1-c1cc(N2C[C@H]3C[C@@H]2CO3)nc2ccnn12. The van der Waals surface area contributed by atoms with E-state index >= 15 is 0 Å². The third-order valence-electron chi connectivity index (χ3n) is 4.92. The van der Waals surface area contributed by atoms with Crippen molar-refractivity contribution in [1.82, 2.24) is 24.8 Å².